The van der Waals surface area contributed by atoms with E-state index >= 15 is 0 Å². The van der Waals surface area contributed by atoms with Crippen LogP contribution in [0.1, 0.15) is 0 Å². The summed E-state index contributed by atoms with van der Waals surface area (Å²) in [4.78, 5) is 16.8. The number of anilines is 3. The van der Waals surface area contributed by atoms with E-state index in [1.807, 2.05) is 42.5 Å². The van der Waals surface area contributed by atoms with Crippen molar-refractivity contribution < 1.29 is 0 Å². The first-order valence-electron chi connectivity index (χ1n) is 9.67. The summed E-state index contributed by atoms with van der Waals surface area (Å²) in [5.41, 5.74) is 9.24. The lowest BCUT2D eigenvalue weighted by Gasteiger charge is -2.37. The van der Waals surface area contributed by atoms with Gasteiger partial charge in [0.25, 0.3) is 0 Å². The highest BCUT2D eigenvalue weighted by atomic mass is 35.5. The lowest BCUT2D eigenvalue weighted by Crippen LogP contribution is -2.50. The second-order valence-electron chi connectivity index (χ2n) is 7.26. The number of hydrogen-bond donors (Lipinski definition) is 3. The lowest BCUT2D eigenvalue weighted by molar-refractivity contribution is 0.390. The number of nitrogens with zero attached hydrogens (tertiary/aromatic N) is 4. The summed E-state index contributed by atoms with van der Waals surface area (Å²) < 4.78 is 0. The standard InChI is InChI=1S/C21H20ClN7S/c22-13-1-6-17-16(11-13)18-19(27-17)24-12-25-20(18)28-7-9-29(10-8-28)21(30)26-15-4-2-14(23)3-5-15/h1-6,11-12H,7-10,23H2,(H,26,30)(H,24,25,27). The molecule has 2 aromatic heterocycles. The Labute approximate surface area is 183 Å². The number of fused-ring (bicyclic) bond motifs is 3. The van der Waals surface area contributed by atoms with Gasteiger partial charge in [-0.25, -0.2) is 9.97 Å². The summed E-state index contributed by atoms with van der Waals surface area (Å²) in [6.45, 7) is 3.22. The molecule has 30 heavy (non-hydrogen) atoms. The molecule has 7 nitrogen and oxygen atoms in total. The smallest absolute Gasteiger partial charge is 0.173 e. The number of hydrogen-bond acceptors (Lipinski definition) is 5. The third-order valence-electron chi connectivity index (χ3n) is 5.36. The number of piperazine rings is 1. The molecule has 1 saturated heterocycles. The number of aromatic nitrogens is 3. The summed E-state index contributed by atoms with van der Waals surface area (Å²) in [5.74, 6) is 0.922. The number of nitrogens with one attached hydrogen (secondary N) is 2. The predicted molar refractivity (Wildman–Crippen MR) is 127 cm³/mol. The maximum atomic E-state index is 6.24. The van der Waals surface area contributed by atoms with E-state index in [0.29, 0.717) is 10.1 Å². The fraction of sp³-hybridized carbons (Fsp3) is 0.190. The number of halogens is 1. The van der Waals surface area contributed by atoms with Gasteiger partial charge in [-0.2, -0.15) is 0 Å². The normalized spacial score (nSPS) is 14.4. The minimum atomic E-state index is 0.696. The number of H-pyrrole nitrogens is 1. The zero-order valence-electron chi connectivity index (χ0n) is 16.1. The molecule has 0 atom stereocenters. The van der Waals surface area contributed by atoms with E-state index in [1.54, 1.807) is 6.33 Å². The SMILES string of the molecule is Nc1ccc(NC(=S)N2CCN(c3ncnc4[nH]c5ccc(Cl)cc5c34)CC2)cc1. The Bertz CT molecular complexity index is 1230. The number of benzene rings is 2. The van der Waals surface area contributed by atoms with Gasteiger partial charge in [-0.3, -0.25) is 0 Å². The quantitative estimate of drug-likeness (QED) is 0.324. The van der Waals surface area contributed by atoms with Crippen molar-refractivity contribution in [1.29, 1.82) is 0 Å². The van der Waals surface area contributed by atoms with Gasteiger partial charge in [0.15, 0.2) is 5.11 Å². The van der Waals surface area contributed by atoms with Crippen LogP contribution < -0.4 is 16.0 Å². The molecule has 0 unspecified atom stereocenters. The minimum absolute atomic E-state index is 0.696. The van der Waals surface area contributed by atoms with Crippen molar-refractivity contribution in [1.82, 2.24) is 19.9 Å². The minimum Gasteiger partial charge on any atom is -0.399 e. The molecule has 4 N–H and O–H groups in total. The Hall–Kier alpha value is -3.10. The number of nitrogen functional groups attached to an aromatic ring is 1. The van der Waals surface area contributed by atoms with E-state index in [9.17, 15) is 0 Å². The highest BCUT2D eigenvalue weighted by Gasteiger charge is 2.23. The Kier molecular flexibility index (Phi) is 4.80. The van der Waals surface area contributed by atoms with Crippen molar-refractivity contribution in [2.45, 2.75) is 0 Å². The van der Waals surface area contributed by atoms with E-state index in [-0.39, 0.29) is 0 Å². The zero-order chi connectivity index (χ0) is 20.7. The van der Waals surface area contributed by atoms with Crippen LogP contribution in [-0.4, -0.2) is 51.1 Å². The molecule has 3 heterocycles. The van der Waals surface area contributed by atoms with E-state index in [0.717, 1.165) is 65.3 Å². The van der Waals surface area contributed by atoms with Crippen molar-refractivity contribution in [3.05, 3.63) is 53.8 Å². The highest BCUT2D eigenvalue weighted by Crippen LogP contribution is 2.33. The molecule has 0 bridgehead atoms. The van der Waals surface area contributed by atoms with Gasteiger partial charge in [0, 0.05) is 53.5 Å². The van der Waals surface area contributed by atoms with E-state index in [2.05, 4.69) is 30.1 Å². The highest BCUT2D eigenvalue weighted by molar-refractivity contribution is 7.80. The van der Waals surface area contributed by atoms with Crippen LogP contribution in [0.25, 0.3) is 21.9 Å². The van der Waals surface area contributed by atoms with Crippen molar-refractivity contribution in [2.75, 3.05) is 42.1 Å². The van der Waals surface area contributed by atoms with Crippen LogP contribution >= 0.6 is 23.8 Å². The Morgan fingerprint density at radius 1 is 1.07 bits per heavy atom. The summed E-state index contributed by atoms with van der Waals surface area (Å²) in [5, 5.41) is 6.74. The Morgan fingerprint density at radius 3 is 2.60 bits per heavy atom. The summed E-state index contributed by atoms with van der Waals surface area (Å²) in [6.07, 6.45) is 1.61. The first-order valence-corrected chi connectivity index (χ1v) is 10.5. The monoisotopic (exact) mass is 437 g/mol. The maximum absolute atomic E-state index is 6.24. The average Bonchev–Trinajstić information content (AvgIpc) is 3.13. The molecule has 0 saturated carbocycles. The van der Waals surface area contributed by atoms with Crippen molar-refractivity contribution in [3.8, 4) is 0 Å². The summed E-state index contributed by atoms with van der Waals surface area (Å²) >= 11 is 11.8. The molecule has 0 spiro atoms. The Morgan fingerprint density at radius 2 is 1.83 bits per heavy atom. The molecule has 9 heteroatoms. The van der Waals surface area contributed by atoms with Gasteiger partial charge in [-0.15, -0.1) is 0 Å². The fourth-order valence-electron chi connectivity index (χ4n) is 3.81. The van der Waals surface area contributed by atoms with Crippen LogP contribution in [0.3, 0.4) is 0 Å². The van der Waals surface area contributed by atoms with Crippen LogP contribution in [0.5, 0.6) is 0 Å². The third-order valence-corrected chi connectivity index (χ3v) is 5.96. The summed E-state index contributed by atoms with van der Waals surface area (Å²) in [6, 6.07) is 13.4. The maximum Gasteiger partial charge on any atom is 0.173 e. The van der Waals surface area contributed by atoms with Gasteiger partial charge in [0.1, 0.15) is 17.8 Å². The summed E-state index contributed by atoms with van der Waals surface area (Å²) in [7, 11) is 0. The Balaban J connectivity index is 1.35. The molecule has 1 fully saturated rings. The average molecular weight is 438 g/mol. The molecule has 0 aliphatic carbocycles. The second-order valence-corrected chi connectivity index (χ2v) is 8.09. The molecule has 2 aromatic carbocycles. The molecule has 1 aliphatic rings. The number of thiocarbonyl (C=S) groups is 1. The molecule has 152 valence electrons. The van der Waals surface area contributed by atoms with Crippen LogP contribution in [0.15, 0.2) is 48.8 Å². The van der Waals surface area contributed by atoms with Gasteiger partial charge in [-0.1, -0.05) is 11.6 Å². The van der Waals surface area contributed by atoms with Crippen molar-refractivity contribution in [2.24, 2.45) is 0 Å². The van der Waals surface area contributed by atoms with Gasteiger partial charge in [0.2, 0.25) is 0 Å². The van der Waals surface area contributed by atoms with Crippen molar-refractivity contribution >= 4 is 68.1 Å². The van der Waals surface area contributed by atoms with Crippen LogP contribution in [-0.2, 0) is 0 Å². The fourth-order valence-corrected chi connectivity index (χ4v) is 4.28. The van der Waals surface area contributed by atoms with Gasteiger partial charge < -0.3 is 25.8 Å². The second kappa shape index (κ2) is 7.62. The third kappa shape index (κ3) is 3.48. The molecule has 4 aromatic rings. The van der Waals surface area contributed by atoms with Crippen LogP contribution in [0.2, 0.25) is 5.02 Å². The first-order chi connectivity index (χ1) is 14.6. The van der Waals surface area contributed by atoms with Crippen LogP contribution in [0, 0.1) is 0 Å². The van der Waals surface area contributed by atoms with E-state index in [4.69, 9.17) is 29.6 Å². The molecular formula is C21H20ClN7S. The van der Waals surface area contributed by atoms with Crippen molar-refractivity contribution in [3.63, 3.8) is 0 Å². The van der Waals surface area contributed by atoms with Gasteiger partial charge >= 0.3 is 0 Å². The molecule has 0 radical (unpaired) electrons. The van der Waals surface area contributed by atoms with E-state index in [1.165, 1.54) is 0 Å². The first kappa shape index (κ1) is 18.9. The topological polar surface area (TPSA) is 86.1 Å². The molecule has 1 aliphatic heterocycles. The molecule has 5 rings (SSSR count). The molecule has 0 amide bonds. The van der Waals surface area contributed by atoms with Gasteiger partial charge in [-0.05, 0) is 54.7 Å². The van der Waals surface area contributed by atoms with E-state index < -0.39 is 0 Å². The number of nitrogens with two attached hydrogens (primary N) is 1. The number of rotatable bonds is 2. The zero-order valence-corrected chi connectivity index (χ0v) is 17.7. The van der Waals surface area contributed by atoms with Gasteiger partial charge in [0.05, 0.1) is 5.39 Å². The lowest BCUT2D eigenvalue weighted by atomic mass is 10.2. The number of aromatic amines is 1. The molecular weight excluding hydrogens is 418 g/mol. The van der Waals surface area contributed by atoms with Crippen LogP contribution in [0.4, 0.5) is 17.2 Å². The predicted octanol–water partition coefficient (Wildman–Crippen LogP) is 3.87. The largest absolute Gasteiger partial charge is 0.399 e.